The molecule has 1 N–H and O–H groups in total. The molecule has 0 aliphatic rings. The van der Waals surface area contributed by atoms with E-state index in [1.807, 2.05) is 13.0 Å². The summed E-state index contributed by atoms with van der Waals surface area (Å²) in [5.41, 5.74) is 1.30. The summed E-state index contributed by atoms with van der Waals surface area (Å²) in [7, 11) is 0. The molecule has 2 heteroatoms. The van der Waals surface area contributed by atoms with Gasteiger partial charge in [0.2, 0.25) is 0 Å². The second kappa shape index (κ2) is 7.34. The zero-order valence-corrected chi connectivity index (χ0v) is 9.20. The molecule has 0 bridgehead atoms. The van der Waals surface area contributed by atoms with E-state index in [4.69, 9.17) is 5.26 Å². The maximum atomic E-state index is 9.56. The Balaban J connectivity index is 3.85. The number of aliphatic hydroxyl groups is 1. The van der Waals surface area contributed by atoms with E-state index < -0.39 is 6.10 Å². The van der Waals surface area contributed by atoms with E-state index in [0.717, 1.165) is 12.8 Å². The second-order valence-electron chi connectivity index (χ2n) is 3.81. The van der Waals surface area contributed by atoms with E-state index in [0.29, 0.717) is 0 Å². The van der Waals surface area contributed by atoms with Crippen molar-refractivity contribution in [1.29, 1.82) is 5.26 Å². The molecule has 0 radical (unpaired) electrons. The van der Waals surface area contributed by atoms with Crippen molar-refractivity contribution < 1.29 is 5.11 Å². The maximum Gasteiger partial charge on any atom is 0.0909 e. The molecule has 0 aliphatic carbocycles. The highest BCUT2D eigenvalue weighted by molar-refractivity contribution is 5.05. The first-order valence-corrected chi connectivity index (χ1v) is 4.95. The van der Waals surface area contributed by atoms with Gasteiger partial charge >= 0.3 is 0 Å². The Kier molecular flexibility index (Phi) is 6.78. The highest BCUT2D eigenvalue weighted by Gasteiger charge is 2.09. The Morgan fingerprint density at radius 1 is 1.50 bits per heavy atom. The molecule has 0 aromatic carbocycles. The lowest BCUT2D eigenvalue weighted by atomic mass is 9.98. The molecule has 0 amide bonds. The fourth-order valence-corrected chi connectivity index (χ4v) is 1.14. The molecule has 0 aromatic rings. The van der Waals surface area contributed by atoms with E-state index >= 15 is 0 Å². The van der Waals surface area contributed by atoms with Crippen LogP contribution in [0.25, 0.3) is 0 Å². The third-order valence-corrected chi connectivity index (χ3v) is 2.13. The molecule has 2 atom stereocenters. The minimum atomic E-state index is -0.500. The normalized spacial score (nSPS) is 14.8. The van der Waals surface area contributed by atoms with Gasteiger partial charge in [-0.2, -0.15) is 5.26 Å². The van der Waals surface area contributed by atoms with Crippen LogP contribution in [-0.2, 0) is 0 Å². The van der Waals surface area contributed by atoms with Gasteiger partial charge in [0.25, 0.3) is 0 Å². The van der Waals surface area contributed by atoms with Crippen LogP contribution in [0.5, 0.6) is 0 Å². The molecule has 0 saturated heterocycles. The number of allylic oxidation sites excluding steroid dienone is 3. The SMILES string of the molecule is CC(C)=CCCC(C)C(O)/C=C/C#N. The number of hydrogen-bond acceptors (Lipinski definition) is 2. The topological polar surface area (TPSA) is 44.0 Å². The third-order valence-electron chi connectivity index (χ3n) is 2.13. The minimum absolute atomic E-state index is 0.204. The quantitative estimate of drug-likeness (QED) is 0.539. The first-order valence-electron chi connectivity index (χ1n) is 4.95. The second-order valence-corrected chi connectivity index (χ2v) is 3.81. The summed E-state index contributed by atoms with van der Waals surface area (Å²) >= 11 is 0. The number of nitriles is 1. The molecule has 2 unspecified atom stereocenters. The van der Waals surface area contributed by atoms with Gasteiger partial charge < -0.3 is 5.11 Å². The van der Waals surface area contributed by atoms with E-state index in [-0.39, 0.29) is 5.92 Å². The predicted octanol–water partition coefficient (Wildman–Crippen LogP) is 2.81. The Morgan fingerprint density at radius 3 is 2.64 bits per heavy atom. The van der Waals surface area contributed by atoms with Crippen LogP contribution in [0.15, 0.2) is 23.8 Å². The first kappa shape index (κ1) is 12.9. The molecule has 0 fully saturated rings. The Morgan fingerprint density at radius 2 is 2.14 bits per heavy atom. The first-order chi connectivity index (χ1) is 6.57. The van der Waals surface area contributed by atoms with Crippen LogP contribution in [-0.4, -0.2) is 11.2 Å². The van der Waals surface area contributed by atoms with Crippen LogP contribution < -0.4 is 0 Å². The summed E-state index contributed by atoms with van der Waals surface area (Å²) in [5, 5.41) is 17.8. The van der Waals surface area contributed by atoms with E-state index in [2.05, 4.69) is 19.9 Å². The Labute approximate surface area is 86.6 Å². The summed E-state index contributed by atoms with van der Waals surface area (Å²) in [6.07, 6.45) is 6.48. The van der Waals surface area contributed by atoms with Crippen LogP contribution in [0, 0.1) is 17.2 Å². The number of aliphatic hydroxyl groups excluding tert-OH is 1. The van der Waals surface area contributed by atoms with Gasteiger partial charge in [0.15, 0.2) is 0 Å². The lowest BCUT2D eigenvalue weighted by molar-refractivity contribution is 0.157. The highest BCUT2D eigenvalue weighted by atomic mass is 16.3. The van der Waals surface area contributed by atoms with Crippen molar-refractivity contribution in [3.05, 3.63) is 23.8 Å². The monoisotopic (exact) mass is 193 g/mol. The van der Waals surface area contributed by atoms with E-state index in [1.165, 1.54) is 11.6 Å². The number of nitrogens with zero attached hydrogens (tertiary/aromatic N) is 1. The van der Waals surface area contributed by atoms with Crippen LogP contribution in [0.1, 0.15) is 33.6 Å². The summed E-state index contributed by atoms with van der Waals surface area (Å²) in [5.74, 6) is 0.204. The van der Waals surface area contributed by atoms with Crippen LogP contribution in [0.4, 0.5) is 0 Å². The van der Waals surface area contributed by atoms with Gasteiger partial charge in [0.1, 0.15) is 0 Å². The Hall–Kier alpha value is -1.07. The van der Waals surface area contributed by atoms with Crippen LogP contribution >= 0.6 is 0 Å². The van der Waals surface area contributed by atoms with E-state index in [1.54, 1.807) is 6.08 Å². The molecular weight excluding hydrogens is 174 g/mol. The standard InChI is InChI=1S/C12H19NO/c1-10(2)6-4-7-11(3)12(14)8-5-9-13/h5-6,8,11-12,14H,4,7H2,1-3H3/b8-5+. The summed E-state index contributed by atoms with van der Waals surface area (Å²) in [6, 6.07) is 1.88. The van der Waals surface area contributed by atoms with Crippen molar-refractivity contribution >= 4 is 0 Å². The average Bonchev–Trinajstić information content (AvgIpc) is 2.13. The molecule has 2 nitrogen and oxygen atoms in total. The van der Waals surface area contributed by atoms with Gasteiger partial charge in [-0.1, -0.05) is 18.6 Å². The largest absolute Gasteiger partial charge is 0.389 e. The van der Waals surface area contributed by atoms with Gasteiger partial charge in [0.05, 0.1) is 12.2 Å². The van der Waals surface area contributed by atoms with Gasteiger partial charge in [-0.15, -0.1) is 0 Å². The zero-order chi connectivity index (χ0) is 11.0. The van der Waals surface area contributed by atoms with Gasteiger partial charge in [-0.3, -0.25) is 0 Å². The van der Waals surface area contributed by atoms with Crippen molar-refractivity contribution in [1.82, 2.24) is 0 Å². The molecule has 78 valence electrons. The highest BCUT2D eigenvalue weighted by Crippen LogP contribution is 2.13. The predicted molar refractivity (Wildman–Crippen MR) is 58.6 cm³/mol. The molecule has 0 aromatic heterocycles. The lowest BCUT2D eigenvalue weighted by Gasteiger charge is -2.13. The third kappa shape index (κ3) is 6.45. The molecule has 0 spiro atoms. The van der Waals surface area contributed by atoms with Gasteiger partial charge in [-0.25, -0.2) is 0 Å². The summed E-state index contributed by atoms with van der Waals surface area (Å²) in [4.78, 5) is 0. The summed E-state index contributed by atoms with van der Waals surface area (Å²) < 4.78 is 0. The van der Waals surface area contributed by atoms with Crippen molar-refractivity contribution in [3.8, 4) is 6.07 Å². The fourth-order valence-electron chi connectivity index (χ4n) is 1.14. The minimum Gasteiger partial charge on any atom is -0.389 e. The van der Waals surface area contributed by atoms with Crippen molar-refractivity contribution in [2.45, 2.75) is 39.7 Å². The van der Waals surface area contributed by atoms with Gasteiger partial charge in [-0.05, 0) is 38.7 Å². The summed E-state index contributed by atoms with van der Waals surface area (Å²) in [6.45, 7) is 6.12. The maximum absolute atomic E-state index is 9.56. The Bertz CT molecular complexity index is 244. The lowest BCUT2D eigenvalue weighted by Crippen LogP contribution is -2.14. The van der Waals surface area contributed by atoms with Crippen molar-refractivity contribution in [2.24, 2.45) is 5.92 Å². The molecule has 14 heavy (non-hydrogen) atoms. The number of rotatable bonds is 5. The van der Waals surface area contributed by atoms with Gasteiger partial charge in [0, 0.05) is 6.08 Å². The molecule has 0 rings (SSSR count). The number of hydrogen-bond donors (Lipinski definition) is 1. The zero-order valence-electron chi connectivity index (χ0n) is 9.20. The van der Waals surface area contributed by atoms with Crippen LogP contribution in [0.2, 0.25) is 0 Å². The molecule has 0 saturated carbocycles. The van der Waals surface area contributed by atoms with Crippen LogP contribution in [0.3, 0.4) is 0 Å². The molecular formula is C12H19NO. The fraction of sp³-hybridized carbons (Fsp3) is 0.583. The van der Waals surface area contributed by atoms with Crippen molar-refractivity contribution in [2.75, 3.05) is 0 Å². The smallest absolute Gasteiger partial charge is 0.0909 e. The average molecular weight is 193 g/mol. The molecule has 0 aliphatic heterocycles. The van der Waals surface area contributed by atoms with Crippen molar-refractivity contribution in [3.63, 3.8) is 0 Å². The molecule has 0 heterocycles. The van der Waals surface area contributed by atoms with E-state index in [9.17, 15) is 5.11 Å².